The number of nitrogen functional groups attached to an aromatic ring is 1. The molecular formula is C39H40ClF3N8O2S. The first-order valence-corrected chi connectivity index (χ1v) is 20.2. The zero-order valence-electron chi connectivity index (χ0n) is 29.6. The van der Waals surface area contributed by atoms with Gasteiger partial charge >= 0.3 is 6.01 Å². The standard InChI is InChI=1S/C39H40ClF3N8O2S/c40-25-15-23-31(29(43)28(25)22-5-6-26(42)33-27(22)24(17-44)34(45)54-33)47-37(53-19-39-8-1-11-50(39)18-21(41)16-39)48-35(23)49-13-9-38(10-14-49)7-2-12-51(38)36(52)32-30(46-32)20-3-4-20/h5-6,15,20-21,30,32,46H,1-4,7-14,16,18-19,45H2/t21-,30+,32-,39+/m1/s1. The fourth-order valence-corrected chi connectivity index (χ4v) is 11.5. The lowest BCUT2D eigenvalue weighted by Gasteiger charge is -2.45. The van der Waals surface area contributed by atoms with Crippen LogP contribution in [-0.4, -0.2) is 94.3 Å². The second-order valence-electron chi connectivity index (χ2n) is 16.2. The summed E-state index contributed by atoms with van der Waals surface area (Å²) in [6.45, 7) is 3.21. The molecule has 0 unspecified atom stereocenters. The summed E-state index contributed by atoms with van der Waals surface area (Å²) >= 11 is 7.87. The number of carbonyl (C=O) groups is 1. The van der Waals surface area contributed by atoms with Crippen molar-refractivity contribution in [1.29, 1.82) is 5.26 Å². The number of benzene rings is 2. The number of halogens is 4. The largest absolute Gasteiger partial charge is 0.461 e. The summed E-state index contributed by atoms with van der Waals surface area (Å²) < 4.78 is 53.3. The van der Waals surface area contributed by atoms with Gasteiger partial charge < -0.3 is 20.3 Å². The van der Waals surface area contributed by atoms with Crippen LogP contribution in [0.4, 0.5) is 24.0 Å². The maximum atomic E-state index is 17.2. The lowest BCUT2D eigenvalue weighted by Crippen LogP contribution is -2.55. The number of aromatic nitrogens is 2. The van der Waals surface area contributed by atoms with Crippen LogP contribution in [0.25, 0.3) is 32.1 Å². The SMILES string of the molecule is N#Cc1c(N)sc2c(F)ccc(-c3c(Cl)cc4c(N5CCC6(CCCN6C(=O)[C@@H]6N[C@H]6C6CC6)CC5)nc(OC[C@@]56CCCN5C[C@H](F)C6)nc4c3F)c12. The number of piperidine rings is 1. The predicted octanol–water partition coefficient (Wildman–Crippen LogP) is 6.56. The topological polar surface area (TPSA) is 134 Å². The first kappa shape index (κ1) is 34.6. The first-order chi connectivity index (χ1) is 26.1. The van der Waals surface area contributed by atoms with Gasteiger partial charge in [0.25, 0.3) is 0 Å². The van der Waals surface area contributed by atoms with E-state index in [9.17, 15) is 14.4 Å². The third kappa shape index (κ3) is 5.36. The molecule has 0 bridgehead atoms. The number of anilines is 2. The molecule has 4 aromatic rings. The molecule has 3 N–H and O–H groups in total. The molecule has 0 radical (unpaired) electrons. The summed E-state index contributed by atoms with van der Waals surface area (Å²) in [5.41, 5.74) is 5.61. The van der Waals surface area contributed by atoms with Gasteiger partial charge in [-0.15, -0.1) is 11.3 Å². The van der Waals surface area contributed by atoms with E-state index in [4.69, 9.17) is 27.1 Å². The predicted molar refractivity (Wildman–Crippen MR) is 202 cm³/mol. The number of ether oxygens (including phenoxy) is 1. The molecule has 5 saturated heterocycles. The van der Waals surface area contributed by atoms with E-state index >= 15 is 8.78 Å². The van der Waals surface area contributed by atoms with Crippen molar-refractivity contribution in [2.75, 3.05) is 50.0 Å². The average molecular weight is 777 g/mol. The number of amides is 1. The average Bonchev–Trinajstić information content (AvgIpc) is 4.01. The molecule has 6 aliphatic rings. The Kier molecular flexibility index (Phi) is 8.04. The number of rotatable bonds is 7. The van der Waals surface area contributed by atoms with E-state index in [0.717, 1.165) is 63.0 Å². The molecule has 1 amide bonds. The fraction of sp³-hybridized carbons (Fsp3) is 0.538. The first-order valence-electron chi connectivity index (χ1n) is 19.0. The number of nitrogens with two attached hydrogens (primary N) is 1. The number of alkyl halides is 1. The molecule has 7 heterocycles. The van der Waals surface area contributed by atoms with Gasteiger partial charge in [-0.3, -0.25) is 15.0 Å². The van der Waals surface area contributed by atoms with E-state index in [1.54, 1.807) is 6.07 Å². The Balaban J connectivity index is 1.03. The minimum Gasteiger partial charge on any atom is -0.461 e. The maximum absolute atomic E-state index is 17.2. The number of hydrogen-bond donors (Lipinski definition) is 2. The van der Waals surface area contributed by atoms with Gasteiger partial charge in [0, 0.05) is 60.5 Å². The third-order valence-electron chi connectivity index (χ3n) is 13.1. The summed E-state index contributed by atoms with van der Waals surface area (Å²) in [6.07, 6.45) is 6.89. The summed E-state index contributed by atoms with van der Waals surface area (Å²) in [6, 6.07) is 6.51. The lowest BCUT2D eigenvalue weighted by atomic mass is 9.84. The summed E-state index contributed by atoms with van der Waals surface area (Å²) in [4.78, 5) is 29.6. The Morgan fingerprint density at radius 1 is 1.13 bits per heavy atom. The second kappa shape index (κ2) is 12.6. The molecule has 282 valence electrons. The van der Waals surface area contributed by atoms with Gasteiger partial charge in [-0.05, 0) is 81.5 Å². The van der Waals surface area contributed by atoms with Crippen LogP contribution in [-0.2, 0) is 4.79 Å². The molecule has 6 fully saturated rings. The number of likely N-dealkylation sites (tertiary alicyclic amines) is 1. The van der Waals surface area contributed by atoms with Gasteiger partial charge in [0.15, 0.2) is 5.82 Å². The number of fused-ring (bicyclic) bond motifs is 3. The van der Waals surface area contributed by atoms with Crippen LogP contribution in [0.15, 0.2) is 18.2 Å². The highest BCUT2D eigenvalue weighted by Crippen LogP contribution is 2.48. The number of hydrogen-bond acceptors (Lipinski definition) is 10. The Morgan fingerprint density at radius 3 is 2.70 bits per heavy atom. The van der Waals surface area contributed by atoms with E-state index < -0.39 is 23.3 Å². The molecule has 10 nitrogen and oxygen atoms in total. The highest BCUT2D eigenvalue weighted by molar-refractivity contribution is 7.23. The van der Waals surface area contributed by atoms with Crippen molar-refractivity contribution in [3.63, 3.8) is 0 Å². The van der Waals surface area contributed by atoms with Gasteiger partial charge in [0.05, 0.1) is 20.8 Å². The number of carbonyl (C=O) groups excluding carboxylic acids is 1. The van der Waals surface area contributed by atoms with Crippen molar-refractivity contribution in [2.45, 2.75) is 87.1 Å². The zero-order valence-corrected chi connectivity index (χ0v) is 31.2. The summed E-state index contributed by atoms with van der Waals surface area (Å²) in [7, 11) is 0. The van der Waals surface area contributed by atoms with Crippen molar-refractivity contribution in [2.24, 2.45) is 5.92 Å². The smallest absolute Gasteiger partial charge is 0.319 e. The Bertz CT molecular complexity index is 2270. The number of thiophene rings is 1. The molecular weight excluding hydrogens is 737 g/mol. The van der Waals surface area contributed by atoms with E-state index in [2.05, 4.69) is 25.0 Å². The molecule has 1 spiro atoms. The molecule has 1 saturated carbocycles. The van der Waals surface area contributed by atoms with E-state index in [1.807, 2.05) is 6.07 Å². The van der Waals surface area contributed by atoms with Gasteiger partial charge in [0.2, 0.25) is 5.91 Å². The van der Waals surface area contributed by atoms with Crippen LogP contribution >= 0.6 is 22.9 Å². The molecule has 54 heavy (non-hydrogen) atoms. The van der Waals surface area contributed by atoms with Crippen molar-refractivity contribution >= 4 is 60.7 Å². The highest BCUT2D eigenvalue weighted by Gasteiger charge is 2.56. The molecule has 2 aromatic carbocycles. The molecule has 15 heteroatoms. The van der Waals surface area contributed by atoms with E-state index in [0.29, 0.717) is 49.2 Å². The molecule has 1 aliphatic carbocycles. The second-order valence-corrected chi connectivity index (χ2v) is 17.7. The summed E-state index contributed by atoms with van der Waals surface area (Å²) in [5.74, 6) is -0.0335. The van der Waals surface area contributed by atoms with E-state index in [1.165, 1.54) is 25.0 Å². The maximum Gasteiger partial charge on any atom is 0.319 e. The molecule has 4 atom stereocenters. The van der Waals surface area contributed by atoms with Crippen LogP contribution in [0, 0.1) is 28.9 Å². The van der Waals surface area contributed by atoms with Crippen molar-refractivity contribution in [3.8, 4) is 23.2 Å². The van der Waals surface area contributed by atoms with Crippen LogP contribution in [0.5, 0.6) is 6.01 Å². The minimum absolute atomic E-state index is 0.0289. The van der Waals surface area contributed by atoms with Crippen LogP contribution in [0.3, 0.4) is 0 Å². The molecule has 5 aliphatic heterocycles. The fourth-order valence-electron chi connectivity index (χ4n) is 10.2. The quantitative estimate of drug-likeness (QED) is 0.200. The number of nitrogens with one attached hydrogen (secondary N) is 1. The number of nitrogens with zero attached hydrogens (tertiary/aromatic N) is 6. The van der Waals surface area contributed by atoms with Crippen molar-refractivity contribution in [3.05, 3.63) is 40.4 Å². The summed E-state index contributed by atoms with van der Waals surface area (Å²) in [5, 5.41) is 14.1. The van der Waals surface area contributed by atoms with Gasteiger partial charge in [-0.2, -0.15) is 15.2 Å². The van der Waals surface area contributed by atoms with Crippen LogP contribution in [0.1, 0.15) is 63.4 Å². The minimum atomic E-state index is -0.945. The highest BCUT2D eigenvalue weighted by atomic mass is 35.5. The van der Waals surface area contributed by atoms with Crippen molar-refractivity contribution < 1.29 is 22.7 Å². The molecule has 2 aromatic heterocycles. The zero-order chi connectivity index (χ0) is 37.1. The van der Waals surface area contributed by atoms with Gasteiger partial charge in [0.1, 0.15) is 47.0 Å². The van der Waals surface area contributed by atoms with Gasteiger partial charge in [-0.25, -0.2) is 13.2 Å². The van der Waals surface area contributed by atoms with E-state index in [-0.39, 0.29) is 72.4 Å². The Hall–Kier alpha value is -3.90. The Morgan fingerprint density at radius 2 is 1.93 bits per heavy atom. The molecule has 10 rings (SSSR count). The lowest BCUT2D eigenvalue weighted by molar-refractivity contribution is -0.135. The monoisotopic (exact) mass is 776 g/mol. The number of nitriles is 1. The normalized spacial score (nSPS) is 27.6. The Labute approximate surface area is 319 Å². The van der Waals surface area contributed by atoms with Crippen LogP contribution < -0.4 is 20.7 Å². The van der Waals surface area contributed by atoms with Crippen molar-refractivity contribution in [1.82, 2.24) is 25.1 Å². The van der Waals surface area contributed by atoms with Crippen LogP contribution in [0.2, 0.25) is 5.02 Å². The van der Waals surface area contributed by atoms with Gasteiger partial charge in [-0.1, -0.05) is 17.7 Å². The third-order valence-corrected chi connectivity index (χ3v) is 14.5.